The Morgan fingerprint density at radius 1 is 1.20 bits per heavy atom. The maximum absolute atomic E-state index is 12.6. The number of aliphatic carboxylic acids is 1. The van der Waals surface area contributed by atoms with Gasteiger partial charge in [-0.15, -0.1) is 0 Å². The third kappa shape index (κ3) is 3.32. The lowest BCUT2D eigenvalue weighted by atomic mass is 9.80. The highest BCUT2D eigenvalue weighted by atomic mass is 16.4. The molecule has 1 aliphatic carbocycles. The van der Waals surface area contributed by atoms with Crippen LogP contribution in [0.1, 0.15) is 45.4 Å². The fraction of sp³-hybridized carbons (Fsp3) is 0.867. The molecular weight excluding hydrogens is 256 g/mol. The van der Waals surface area contributed by atoms with Gasteiger partial charge in [-0.3, -0.25) is 4.79 Å². The lowest BCUT2D eigenvalue weighted by molar-refractivity contribution is -0.155. The van der Waals surface area contributed by atoms with Crippen molar-refractivity contribution in [1.29, 1.82) is 0 Å². The molecule has 1 saturated carbocycles. The maximum Gasteiger partial charge on any atom is 0.326 e. The first-order chi connectivity index (χ1) is 9.52. The summed E-state index contributed by atoms with van der Waals surface area (Å²) >= 11 is 0. The molecule has 2 aliphatic rings. The van der Waals surface area contributed by atoms with Crippen LogP contribution in [0.5, 0.6) is 0 Å². The molecule has 0 aromatic heterocycles. The van der Waals surface area contributed by atoms with Crippen LogP contribution in [0.4, 0.5) is 0 Å². The number of piperidine rings is 1. The van der Waals surface area contributed by atoms with Gasteiger partial charge in [-0.05, 0) is 56.9 Å². The summed E-state index contributed by atoms with van der Waals surface area (Å²) < 4.78 is 0. The quantitative estimate of drug-likeness (QED) is 0.821. The predicted octanol–water partition coefficient (Wildman–Crippen LogP) is 1.46. The van der Waals surface area contributed by atoms with Crippen LogP contribution in [0.2, 0.25) is 0 Å². The molecule has 1 amide bonds. The Morgan fingerprint density at radius 3 is 2.40 bits per heavy atom. The van der Waals surface area contributed by atoms with Crippen LogP contribution in [-0.2, 0) is 9.59 Å². The van der Waals surface area contributed by atoms with Gasteiger partial charge in [-0.25, -0.2) is 4.79 Å². The zero-order valence-corrected chi connectivity index (χ0v) is 12.3. The van der Waals surface area contributed by atoms with Crippen molar-refractivity contribution in [3.8, 4) is 0 Å². The van der Waals surface area contributed by atoms with E-state index < -0.39 is 12.0 Å². The van der Waals surface area contributed by atoms with Crippen molar-refractivity contribution in [1.82, 2.24) is 4.90 Å². The monoisotopic (exact) mass is 282 g/mol. The van der Waals surface area contributed by atoms with E-state index in [-0.39, 0.29) is 11.8 Å². The molecule has 3 N–H and O–H groups in total. The molecular formula is C15H26N2O3. The van der Waals surface area contributed by atoms with Crippen LogP contribution in [0.3, 0.4) is 0 Å². The number of likely N-dealkylation sites (tertiary alicyclic amines) is 1. The molecule has 5 heteroatoms. The number of carbonyl (C=O) groups is 2. The molecule has 0 aromatic rings. The molecule has 0 bridgehead atoms. The average molecular weight is 282 g/mol. The zero-order valence-electron chi connectivity index (χ0n) is 12.3. The lowest BCUT2D eigenvalue weighted by Gasteiger charge is -2.39. The number of carbonyl (C=O) groups excluding carboxylic acids is 1. The Hall–Kier alpha value is -1.10. The van der Waals surface area contributed by atoms with Gasteiger partial charge in [-0.2, -0.15) is 0 Å². The van der Waals surface area contributed by atoms with E-state index in [4.69, 9.17) is 5.73 Å². The second kappa shape index (κ2) is 6.57. The van der Waals surface area contributed by atoms with E-state index in [1.165, 1.54) is 0 Å². The van der Waals surface area contributed by atoms with Crippen LogP contribution >= 0.6 is 0 Å². The van der Waals surface area contributed by atoms with Gasteiger partial charge >= 0.3 is 5.97 Å². The molecule has 5 nitrogen and oxygen atoms in total. The minimum Gasteiger partial charge on any atom is -0.480 e. The molecule has 1 heterocycles. The van der Waals surface area contributed by atoms with Gasteiger partial charge in [0.25, 0.3) is 0 Å². The fourth-order valence-electron chi connectivity index (χ4n) is 3.52. The Labute approximate surface area is 120 Å². The van der Waals surface area contributed by atoms with Crippen LogP contribution in [0.15, 0.2) is 0 Å². The Balaban J connectivity index is 1.98. The third-order valence-electron chi connectivity index (χ3n) is 4.96. The zero-order chi connectivity index (χ0) is 14.7. The van der Waals surface area contributed by atoms with Crippen molar-refractivity contribution in [3.05, 3.63) is 0 Å². The van der Waals surface area contributed by atoms with Crippen molar-refractivity contribution in [3.63, 3.8) is 0 Å². The molecule has 0 aromatic carbocycles. The van der Waals surface area contributed by atoms with Gasteiger partial charge < -0.3 is 15.7 Å². The summed E-state index contributed by atoms with van der Waals surface area (Å²) in [5.41, 5.74) is 5.67. The first kappa shape index (κ1) is 15.3. The number of rotatable bonds is 3. The Bertz CT molecular complexity index is 364. The lowest BCUT2D eigenvalue weighted by Crippen LogP contribution is -2.52. The number of nitrogens with two attached hydrogens (primary N) is 1. The summed E-state index contributed by atoms with van der Waals surface area (Å²) in [6.45, 7) is 3.35. The highest BCUT2D eigenvalue weighted by molar-refractivity contribution is 5.85. The number of carboxylic acids is 1. The fourth-order valence-corrected chi connectivity index (χ4v) is 3.52. The van der Waals surface area contributed by atoms with Crippen molar-refractivity contribution in [2.24, 2.45) is 23.5 Å². The summed E-state index contributed by atoms with van der Waals surface area (Å²) in [5.74, 6) is 0.122. The van der Waals surface area contributed by atoms with Gasteiger partial charge in [0.15, 0.2) is 0 Å². The number of hydrogen-bond donors (Lipinski definition) is 2. The highest BCUT2D eigenvalue weighted by Crippen LogP contribution is 2.32. The standard InChI is InChI=1S/C15H26N2O3/c1-10-6-7-17(13(8-10)15(19)20)14(18)12-4-2-11(9-16)3-5-12/h10-13H,2-9,16H2,1H3,(H,19,20). The largest absolute Gasteiger partial charge is 0.480 e. The number of amides is 1. The van der Waals surface area contributed by atoms with E-state index >= 15 is 0 Å². The van der Waals surface area contributed by atoms with Crippen LogP contribution in [0, 0.1) is 17.8 Å². The van der Waals surface area contributed by atoms with Crippen LogP contribution < -0.4 is 5.73 Å². The molecule has 0 radical (unpaired) electrons. The molecule has 2 rings (SSSR count). The minimum atomic E-state index is -0.861. The molecule has 2 unspecified atom stereocenters. The minimum absolute atomic E-state index is 0.00746. The molecule has 20 heavy (non-hydrogen) atoms. The van der Waals surface area contributed by atoms with Gasteiger partial charge in [0.1, 0.15) is 6.04 Å². The van der Waals surface area contributed by atoms with Gasteiger partial charge in [0.2, 0.25) is 5.91 Å². The van der Waals surface area contributed by atoms with Crippen LogP contribution in [0.25, 0.3) is 0 Å². The molecule has 0 spiro atoms. The third-order valence-corrected chi connectivity index (χ3v) is 4.96. The summed E-state index contributed by atoms with van der Waals surface area (Å²) in [4.78, 5) is 25.6. The molecule has 1 saturated heterocycles. The molecule has 1 aliphatic heterocycles. The van der Waals surface area contributed by atoms with Crippen molar-refractivity contribution in [2.75, 3.05) is 13.1 Å². The summed E-state index contributed by atoms with van der Waals surface area (Å²) in [6.07, 6.45) is 5.20. The van der Waals surface area contributed by atoms with Gasteiger partial charge in [-0.1, -0.05) is 6.92 Å². The van der Waals surface area contributed by atoms with Crippen LogP contribution in [-0.4, -0.2) is 41.0 Å². The Kier molecular flexibility index (Phi) is 5.02. The molecule has 114 valence electrons. The van der Waals surface area contributed by atoms with E-state index in [1.807, 2.05) is 0 Å². The number of nitrogens with zero attached hydrogens (tertiary/aromatic N) is 1. The van der Waals surface area contributed by atoms with Crippen molar-refractivity contribution in [2.45, 2.75) is 51.5 Å². The average Bonchev–Trinajstić information content (AvgIpc) is 2.46. The van der Waals surface area contributed by atoms with E-state index in [0.717, 1.165) is 32.1 Å². The smallest absolute Gasteiger partial charge is 0.326 e. The number of hydrogen-bond acceptors (Lipinski definition) is 3. The molecule has 2 fully saturated rings. The number of carboxylic acid groups (broad SMARTS) is 1. The second-order valence-electron chi connectivity index (χ2n) is 6.47. The topological polar surface area (TPSA) is 83.6 Å². The molecule has 2 atom stereocenters. The van der Waals surface area contributed by atoms with Gasteiger partial charge in [0.05, 0.1) is 0 Å². The SMILES string of the molecule is CC1CCN(C(=O)C2CCC(CN)CC2)C(C(=O)O)C1. The first-order valence-corrected chi connectivity index (χ1v) is 7.76. The predicted molar refractivity (Wildman–Crippen MR) is 76.0 cm³/mol. The highest BCUT2D eigenvalue weighted by Gasteiger charge is 2.38. The van der Waals surface area contributed by atoms with Crippen molar-refractivity contribution < 1.29 is 14.7 Å². The summed E-state index contributed by atoms with van der Waals surface area (Å²) in [5, 5.41) is 9.34. The Morgan fingerprint density at radius 2 is 1.85 bits per heavy atom. The first-order valence-electron chi connectivity index (χ1n) is 7.76. The second-order valence-corrected chi connectivity index (χ2v) is 6.47. The summed E-state index contributed by atoms with van der Waals surface area (Å²) in [7, 11) is 0. The van der Waals surface area contributed by atoms with Crippen molar-refractivity contribution >= 4 is 11.9 Å². The summed E-state index contributed by atoms with van der Waals surface area (Å²) in [6, 6.07) is -0.626. The van der Waals surface area contributed by atoms with E-state index in [9.17, 15) is 14.7 Å². The van der Waals surface area contributed by atoms with Gasteiger partial charge in [0, 0.05) is 12.5 Å². The van der Waals surface area contributed by atoms with E-state index in [1.54, 1.807) is 4.90 Å². The maximum atomic E-state index is 12.6. The van der Waals surface area contributed by atoms with E-state index in [2.05, 4.69) is 6.92 Å². The normalized spacial score (nSPS) is 34.8. The van der Waals surface area contributed by atoms with E-state index in [0.29, 0.717) is 31.3 Å².